The van der Waals surface area contributed by atoms with Crippen LogP contribution < -0.4 is 10.1 Å². The standard InChI is InChI=1S/C17H21ClN4O2/c1-12-13(9-20-21-12)5-4-8-19-17(23)22-10-14(11-22)24-16-7-3-2-6-15(16)18/h2-3,6-7,9,14H,4-5,8,10-11H2,1H3,(H,19,23)(H,20,21). The van der Waals surface area contributed by atoms with E-state index in [-0.39, 0.29) is 12.1 Å². The van der Waals surface area contributed by atoms with Crippen molar-refractivity contribution >= 4 is 17.6 Å². The van der Waals surface area contributed by atoms with Gasteiger partial charge in [-0.05, 0) is 37.5 Å². The number of nitrogens with one attached hydrogen (secondary N) is 2. The maximum atomic E-state index is 12.0. The number of carbonyl (C=O) groups excluding carboxylic acids is 1. The number of nitrogens with zero attached hydrogens (tertiary/aromatic N) is 2. The Labute approximate surface area is 146 Å². The number of hydrogen-bond acceptors (Lipinski definition) is 3. The molecule has 2 heterocycles. The zero-order valence-corrected chi connectivity index (χ0v) is 14.3. The van der Waals surface area contributed by atoms with Gasteiger partial charge in [0, 0.05) is 12.2 Å². The van der Waals surface area contributed by atoms with Crippen molar-refractivity contribution in [3.8, 4) is 5.75 Å². The lowest BCUT2D eigenvalue weighted by atomic mass is 10.1. The Morgan fingerprint density at radius 3 is 2.96 bits per heavy atom. The predicted octanol–water partition coefficient (Wildman–Crippen LogP) is 2.78. The topological polar surface area (TPSA) is 70.2 Å². The summed E-state index contributed by atoms with van der Waals surface area (Å²) in [6.45, 7) is 3.81. The van der Waals surface area contributed by atoms with Crippen LogP contribution in [0.5, 0.6) is 5.75 Å². The van der Waals surface area contributed by atoms with Gasteiger partial charge in [0.05, 0.1) is 24.3 Å². The molecule has 1 aliphatic heterocycles. The molecule has 0 aliphatic carbocycles. The number of urea groups is 1. The molecule has 0 spiro atoms. The van der Waals surface area contributed by atoms with Crippen molar-refractivity contribution in [3.05, 3.63) is 46.7 Å². The van der Waals surface area contributed by atoms with Crippen molar-refractivity contribution in [2.45, 2.75) is 25.9 Å². The largest absolute Gasteiger partial charge is 0.485 e. The lowest BCUT2D eigenvalue weighted by molar-refractivity contribution is 0.0446. The van der Waals surface area contributed by atoms with Gasteiger partial charge in [0.25, 0.3) is 0 Å². The second-order valence-corrected chi connectivity index (χ2v) is 6.34. The number of halogens is 1. The van der Waals surface area contributed by atoms with Crippen molar-refractivity contribution < 1.29 is 9.53 Å². The number of amides is 2. The van der Waals surface area contributed by atoms with Gasteiger partial charge in [-0.25, -0.2) is 4.79 Å². The summed E-state index contributed by atoms with van der Waals surface area (Å²) < 4.78 is 5.79. The number of likely N-dealkylation sites (tertiary alicyclic amines) is 1. The predicted molar refractivity (Wildman–Crippen MR) is 92.5 cm³/mol. The zero-order chi connectivity index (χ0) is 16.9. The van der Waals surface area contributed by atoms with E-state index in [0.717, 1.165) is 18.5 Å². The summed E-state index contributed by atoms with van der Waals surface area (Å²) in [6, 6.07) is 7.33. The van der Waals surface area contributed by atoms with Crippen LogP contribution in [0, 0.1) is 6.92 Å². The molecule has 2 aromatic rings. The minimum Gasteiger partial charge on any atom is -0.485 e. The number of aromatic nitrogens is 2. The number of benzene rings is 1. The van der Waals surface area contributed by atoms with E-state index in [1.807, 2.05) is 31.3 Å². The highest BCUT2D eigenvalue weighted by molar-refractivity contribution is 6.32. The summed E-state index contributed by atoms with van der Waals surface area (Å²) in [5.41, 5.74) is 2.28. The molecule has 0 radical (unpaired) electrons. The Hall–Kier alpha value is -2.21. The zero-order valence-electron chi connectivity index (χ0n) is 13.6. The fourth-order valence-corrected chi connectivity index (χ4v) is 2.79. The van der Waals surface area contributed by atoms with Crippen LogP contribution in [-0.2, 0) is 6.42 Å². The van der Waals surface area contributed by atoms with E-state index in [2.05, 4.69) is 15.5 Å². The van der Waals surface area contributed by atoms with Crippen LogP contribution in [0.4, 0.5) is 4.79 Å². The quantitative estimate of drug-likeness (QED) is 0.789. The normalized spacial score (nSPS) is 14.3. The molecule has 1 aromatic carbocycles. The van der Waals surface area contributed by atoms with Crippen molar-refractivity contribution in [3.63, 3.8) is 0 Å². The fraction of sp³-hybridized carbons (Fsp3) is 0.412. The van der Waals surface area contributed by atoms with E-state index in [9.17, 15) is 4.79 Å². The van der Waals surface area contributed by atoms with E-state index in [4.69, 9.17) is 16.3 Å². The molecule has 128 valence electrons. The first-order valence-electron chi connectivity index (χ1n) is 8.06. The molecule has 0 saturated carbocycles. The van der Waals surface area contributed by atoms with Gasteiger partial charge in [-0.15, -0.1) is 0 Å². The summed E-state index contributed by atoms with van der Waals surface area (Å²) in [5.74, 6) is 0.666. The third-order valence-corrected chi connectivity index (χ3v) is 4.41. The van der Waals surface area contributed by atoms with E-state index in [0.29, 0.717) is 30.4 Å². The molecular weight excluding hydrogens is 328 g/mol. The second kappa shape index (κ2) is 7.57. The summed E-state index contributed by atoms with van der Waals surface area (Å²) in [4.78, 5) is 13.8. The molecule has 2 amide bonds. The SMILES string of the molecule is Cc1[nH]ncc1CCCNC(=O)N1CC(Oc2ccccc2Cl)C1. The van der Waals surface area contributed by atoms with E-state index < -0.39 is 0 Å². The minimum atomic E-state index is -0.0436. The monoisotopic (exact) mass is 348 g/mol. The number of carbonyl (C=O) groups is 1. The first kappa shape index (κ1) is 16.6. The molecule has 0 unspecified atom stereocenters. The van der Waals surface area contributed by atoms with Gasteiger partial charge in [-0.2, -0.15) is 5.10 Å². The third-order valence-electron chi connectivity index (χ3n) is 4.10. The second-order valence-electron chi connectivity index (χ2n) is 5.93. The summed E-state index contributed by atoms with van der Waals surface area (Å²) in [7, 11) is 0. The minimum absolute atomic E-state index is 0.00392. The number of hydrogen-bond donors (Lipinski definition) is 2. The smallest absolute Gasteiger partial charge is 0.317 e. The molecule has 0 bridgehead atoms. The van der Waals surface area contributed by atoms with Crippen molar-refractivity contribution in [2.24, 2.45) is 0 Å². The highest BCUT2D eigenvalue weighted by atomic mass is 35.5. The number of aromatic amines is 1. The Balaban J connectivity index is 1.33. The Bertz CT molecular complexity index is 697. The number of para-hydroxylation sites is 1. The highest BCUT2D eigenvalue weighted by Crippen LogP contribution is 2.26. The first-order valence-corrected chi connectivity index (χ1v) is 8.44. The van der Waals surface area contributed by atoms with E-state index in [1.165, 1.54) is 5.56 Å². The Morgan fingerprint density at radius 1 is 1.46 bits per heavy atom. The van der Waals surface area contributed by atoms with Gasteiger partial charge in [-0.3, -0.25) is 5.10 Å². The number of rotatable bonds is 6. The molecule has 24 heavy (non-hydrogen) atoms. The van der Waals surface area contributed by atoms with Gasteiger partial charge >= 0.3 is 6.03 Å². The Kier molecular flexibility index (Phi) is 5.25. The molecular formula is C17H21ClN4O2. The Morgan fingerprint density at radius 2 is 2.25 bits per heavy atom. The van der Waals surface area contributed by atoms with Gasteiger partial charge in [0.15, 0.2) is 0 Å². The maximum Gasteiger partial charge on any atom is 0.317 e. The van der Waals surface area contributed by atoms with Gasteiger partial charge in [0.1, 0.15) is 11.9 Å². The molecule has 1 saturated heterocycles. The van der Waals surface area contributed by atoms with Gasteiger partial charge in [-0.1, -0.05) is 23.7 Å². The van der Waals surface area contributed by atoms with Crippen LogP contribution in [0.25, 0.3) is 0 Å². The summed E-state index contributed by atoms with van der Waals surface area (Å²) in [5, 5.41) is 10.4. The van der Waals surface area contributed by atoms with Crippen LogP contribution in [0.2, 0.25) is 5.02 Å². The fourth-order valence-electron chi connectivity index (χ4n) is 2.61. The van der Waals surface area contributed by atoms with Crippen LogP contribution in [0.1, 0.15) is 17.7 Å². The van der Waals surface area contributed by atoms with Crippen molar-refractivity contribution in [2.75, 3.05) is 19.6 Å². The van der Waals surface area contributed by atoms with Crippen molar-refractivity contribution in [1.82, 2.24) is 20.4 Å². The third kappa shape index (κ3) is 4.00. The van der Waals surface area contributed by atoms with Crippen LogP contribution in [-0.4, -0.2) is 46.9 Å². The lowest BCUT2D eigenvalue weighted by Crippen LogP contribution is -2.59. The van der Waals surface area contributed by atoms with Gasteiger partial charge < -0.3 is 15.0 Å². The molecule has 1 aromatic heterocycles. The highest BCUT2D eigenvalue weighted by Gasteiger charge is 2.32. The average molecular weight is 349 g/mol. The van der Waals surface area contributed by atoms with Crippen LogP contribution in [0.15, 0.2) is 30.5 Å². The molecule has 1 fully saturated rings. The molecule has 6 nitrogen and oxygen atoms in total. The lowest BCUT2D eigenvalue weighted by Gasteiger charge is -2.38. The molecule has 2 N–H and O–H groups in total. The maximum absolute atomic E-state index is 12.0. The first-order chi connectivity index (χ1) is 11.6. The molecule has 3 rings (SSSR count). The molecule has 0 atom stereocenters. The summed E-state index contributed by atoms with van der Waals surface area (Å²) >= 11 is 6.06. The van der Waals surface area contributed by atoms with Crippen molar-refractivity contribution in [1.29, 1.82) is 0 Å². The number of aryl methyl sites for hydroxylation is 2. The number of H-pyrrole nitrogens is 1. The molecule has 7 heteroatoms. The van der Waals surface area contributed by atoms with Gasteiger partial charge in [0.2, 0.25) is 0 Å². The van der Waals surface area contributed by atoms with E-state index >= 15 is 0 Å². The average Bonchev–Trinajstić information content (AvgIpc) is 2.93. The molecule has 1 aliphatic rings. The summed E-state index contributed by atoms with van der Waals surface area (Å²) in [6.07, 6.45) is 3.63. The van der Waals surface area contributed by atoms with Crippen LogP contribution in [0.3, 0.4) is 0 Å². The van der Waals surface area contributed by atoms with E-state index in [1.54, 1.807) is 11.0 Å². The number of ether oxygens (including phenoxy) is 1. The van der Waals surface area contributed by atoms with Crippen LogP contribution >= 0.6 is 11.6 Å².